The standard InChI is InChI=1S/C46H63N9O12/c1-27(2)38(53-45(63)39(28(3)4)52-43(61)37(26-56)51-42(60)36(54-55(66)67)25-31-18-20-32(57)21-19-31)44(62)50-35(24-30-15-9-6-10-16-30)41(59)49-34(23-29-13-7-5-8-14-29)40(58)48-33(46(64)65)17-11-12-22-47/h5-10,13-16,18-21,27-28,33-39,54,56-57H,11-12,17,22-26,47H2,1-4H3,(H,48,58)(H,49,59)(H,50,62)(H,51,60)(H,52,61)(H,53,63)(H,64,65)/t33-,34-,35-,36-,37-,38-,39-/m0/s1. The van der Waals surface area contributed by atoms with E-state index in [4.69, 9.17) is 5.73 Å². The molecule has 0 aliphatic rings. The number of phenols is 1. The van der Waals surface area contributed by atoms with E-state index in [0.29, 0.717) is 36.1 Å². The van der Waals surface area contributed by atoms with E-state index in [0.717, 1.165) is 0 Å². The lowest BCUT2D eigenvalue weighted by Gasteiger charge is -2.30. The van der Waals surface area contributed by atoms with Gasteiger partial charge in [-0.3, -0.25) is 28.8 Å². The maximum atomic E-state index is 14.3. The molecule has 0 radical (unpaired) electrons. The van der Waals surface area contributed by atoms with Crippen molar-refractivity contribution >= 4 is 41.4 Å². The van der Waals surface area contributed by atoms with Crippen molar-refractivity contribution in [3.8, 4) is 5.75 Å². The molecule has 0 bridgehead atoms. The van der Waals surface area contributed by atoms with Crippen molar-refractivity contribution in [2.45, 2.75) is 109 Å². The average Bonchev–Trinajstić information content (AvgIpc) is 3.28. The van der Waals surface area contributed by atoms with Crippen molar-refractivity contribution in [2.24, 2.45) is 17.6 Å². The number of aromatic hydroxyl groups is 1. The van der Waals surface area contributed by atoms with Crippen LogP contribution < -0.4 is 43.1 Å². The largest absolute Gasteiger partial charge is 0.508 e. The van der Waals surface area contributed by atoms with Gasteiger partial charge in [0.2, 0.25) is 35.4 Å². The van der Waals surface area contributed by atoms with Crippen LogP contribution in [0.5, 0.6) is 5.75 Å². The lowest BCUT2D eigenvalue weighted by Crippen LogP contribution is -2.62. The summed E-state index contributed by atoms with van der Waals surface area (Å²) in [4.78, 5) is 106. The highest BCUT2D eigenvalue weighted by Crippen LogP contribution is 2.14. The monoisotopic (exact) mass is 933 g/mol. The summed E-state index contributed by atoms with van der Waals surface area (Å²) in [5.74, 6) is -7.75. The van der Waals surface area contributed by atoms with Crippen LogP contribution in [0.4, 0.5) is 0 Å². The van der Waals surface area contributed by atoms with Gasteiger partial charge in [0, 0.05) is 19.3 Å². The van der Waals surface area contributed by atoms with Crippen LogP contribution >= 0.6 is 0 Å². The second-order valence-electron chi connectivity index (χ2n) is 16.7. The number of rotatable bonds is 28. The quantitative estimate of drug-likeness (QED) is 0.0260. The first-order valence-electron chi connectivity index (χ1n) is 22.0. The summed E-state index contributed by atoms with van der Waals surface area (Å²) >= 11 is 0. The minimum absolute atomic E-state index is 0.0243. The van der Waals surface area contributed by atoms with E-state index >= 15 is 0 Å². The Balaban J connectivity index is 1.83. The number of unbranched alkanes of at least 4 members (excludes halogenated alkanes) is 1. The second-order valence-corrected chi connectivity index (χ2v) is 16.7. The number of nitrogens with two attached hydrogens (primary N) is 1. The van der Waals surface area contributed by atoms with Crippen LogP contribution in [-0.2, 0) is 52.8 Å². The van der Waals surface area contributed by atoms with Crippen molar-refractivity contribution in [3.05, 3.63) is 112 Å². The smallest absolute Gasteiger partial charge is 0.326 e. The molecule has 7 atom stereocenters. The fourth-order valence-electron chi connectivity index (χ4n) is 6.90. The van der Waals surface area contributed by atoms with Gasteiger partial charge in [0.15, 0.2) is 11.1 Å². The summed E-state index contributed by atoms with van der Waals surface area (Å²) < 4.78 is 0. The number of nitro groups is 1. The number of phenolic OH excluding ortho intramolecular Hbond substituents is 1. The molecule has 3 aromatic carbocycles. The first kappa shape index (κ1) is 54.2. The lowest BCUT2D eigenvalue weighted by atomic mass is 9.98. The van der Waals surface area contributed by atoms with Gasteiger partial charge in [-0.05, 0) is 66.5 Å². The highest BCUT2D eigenvalue weighted by Gasteiger charge is 2.36. The number of benzene rings is 3. The number of aliphatic hydroxyl groups is 1. The fourth-order valence-corrected chi connectivity index (χ4v) is 6.90. The van der Waals surface area contributed by atoms with Gasteiger partial charge >= 0.3 is 5.97 Å². The van der Waals surface area contributed by atoms with Gasteiger partial charge in [-0.25, -0.2) is 14.9 Å². The molecule has 0 fully saturated rings. The van der Waals surface area contributed by atoms with Crippen LogP contribution in [0.3, 0.4) is 0 Å². The number of hydrogen-bond acceptors (Lipinski definition) is 12. The Morgan fingerprint density at radius 3 is 1.39 bits per heavy atom. The second kappa shape index (κ2) is 27.4. The van der Waals surface area contributed by atoms with Gasteiger partial charge in [0.25, 0.3) is 0 Å². The molecule has 0 aromatic heterocycles. The molecule has 3 rings (SSSR count). The van der Waals surface area contributed by atoms with Crippen molar-refractivity contribution < 1.29 is 53.9 Å². The Morgan fingerprint density at radius 1 is 0.552 bits per heavy atom. The first-order chi connectivity index (χ1) is 31.8. The number of nitrogens with zero attached hydrogens (tertiary/aromatic N) is 1. The number of carboxylic acid groups (broad SMARTS) is 1. The van der Waals surface area contributed by atoms with Gasteiger partial charge in [-0.2, -0.15) is 0 Å². The molecule has 21 heteroatoms. The number of carbonyl (C=O) groups excluding carboxylic acids is 6. The molecule has 0 aliphatic heterocycles. The first-order valence-corrected chi connectivity index (χ1v) is 22.0. The maximum Gasteiger partial charge on any atom is 0.326 e. The molecule has 0 saturated carbocycles. The van der Waals surface area contributed by atoms with Crippen LogP contribution in [-0.4, -0.2) is 117 Å². The number of aliphatic carboxylic acids is 1. The molecule has 6 amide bonds. The number of aliphatic hydroxyl groups excluding tert-OH is 1. The molecule has 67 heavy (non-hydrogen) atoms. The van der Waals surface area contributed by atoms with Crippen LogP contribution in [0.15, 0.2) is 84.9 Å². The van der Waals surface area contributed by atoms with Gasteiger partial charge in [-0.15, -0.1) is 5.43 Å². The number of hydrazine groups is 1. The molecule has 3 aromatic rings. The molecule has 0 saturated heterocycles. The fraction of sp³-hybridized carbons (Fsp3) is 0.457. The van der Waals surface area contributed by atoms with E-state index in [2.05, 4.69) is 31.9 Å². The zero-order chi connectivity index (χ0) is 49.6. The average molecular weight is 934 g/mol. The topological polar surface area (TPSA) is 334 Å². The third-order valence-corrected chi connectivity index (χ3v) is 10.7. The number of nitrogens with one attached hydrogen (secondary N) is 7. The van der Waals surface area contributed by atoms with Crippen LogP contribution in [0, 0.1) is 22.0 Å². The molecule has 0 spiro atoms. The van der Waals surface area contributed by atoms with E-state index in [-0.39, 0.29) is 31.4 Å². The van der Waals surface area contributed by atoms with E-state index in [9.17, 15) is 59.0 Å². The van der Waals surface area contributed by atoms with Crippen molar-refractivity contribution in [1.29, 1.82) is 0 Å². The predicted octanol–water partition coefficient (Wildman–Crippen LogP) is -0.00330. The van der Waals surface area contributed by atoms with Gasteiger partial charge in [-0.1, -0.05) is 100 Å². The summed E-state index contributed by atoms with van der Waals surface area (Å²) in [5.41, 5.74) is 9.18. The Labute approximate surface area is 388 Å². The molecule has 12 N–H and O–H groups in total. The Kier molecular flexibility index (Phi) is 22.1. The summed E-state index contributed by atoms with van der Waals surface area (Å²) in [6, 6.07) is 13.3. The molecule has 0 aliphatic carbocycles. The molecule has 21 nitrogen and oxygen atoms in total. The summed E-state index contributed by atoms with van der Waals surface area (Å²) in [5, 5.41) is 55.3. The molecule has 0 heterocycles. The number of amides is 6. The number of carbonyl (C=O) groups is 7. The van der Waals surface area contributed by atoms with E-state index in [1.807, 2.05) is 5.43 Å². The summed E-state index contributed by atoms with van der Waals surface area (Å²) in [6.07, 6.45) is 0.764. The predicted molar refractivity (Wildman–Crippen MR) is 245 cm³/mol. The molecular formula is C46H63N9O12. The molecule has 0 unspecified atom stereocenters. The zero-order valence-electron chi connectivity index (χ0n) is 38.0. The normalized spacial score (nSPS) is 14.2. The number of carboxylic acids is 1. The Morgan fingerprint density at radius 2 is 0.940 bits per heavy atom. The van der Waals surface area contributed by atoms with Crippen molar-refractivity contribution in [2.75, 3.05) is 13.2 Å². The van der Waals surface area contributed by atoms with Crippen LogP contribution in [0.1, 0.15) is 63.6 Å². The van der Waals surface area contributed by atoms with Gasteiger partial charge < -0.3 is 53.0 Å². The maximum absolute atomic E-state index is 14.3. The Bertz CT molecular complexity index is 2110. The summed E-state index contributed by atoms with van der Waals surface area (Å²) in [6.45, 7) is 5.84. The van der Waals surface area contributed by atoms with E-state index in [1.54, 1.807) is 88.4 Å². The van der Waals surface area contributed by atoms with Crippen LogP contribution in [0.2, 0.25) is 0 Å². The minimum atomic E-state index is -1.67. The van der Waals surface area contributed by atoms with E-state index < -0.39 is 107 Å². The third-order valence-electron chi connectivity index (χ3n) is 10.7. The number of hydrogen-bond donors (Lipinski definition) is 11. The van der Waals surface area contributed by atoms with Gasteiger partial charge in [0.1, 0.15) is 42.0 Å². The highest BCUT2D eigenvalue weighted by atomic mass is 16.7. The zero-order valence-corrected chi connectivity index (χ0v) is 38.0. The molecular weight excluding hydrogens is 871 g/mol. The third kappa shape index (κ3) is 18.3. The van der Waals surface area contributed by atoms with Crippen molar-refractivity contribution in [3.63, 3.8) is 0 Å². The Hall–Kier alpha value is -7.13. The van der Waals surface area contributed by atoms with Crippen LogP contribution in [0.25, 0.3) is 0 Å². The van der Waals surface area contributed by atoms with Gasteiger partial charge in [0.05, 0.1) is 6.61 Å². The van der Waals surface area contributed by atoms with Crippen molar-refractivity contribution in [1.82, 2.24) is 37.3 Å². The highest BCUT2D eigenvalue weighted by molar-refractivity contribution is 5.97. The molecule has 364 valence electrons. The van der Waals surface area contributed by atoms with E-state index in [1.165, 1.54) is 24.3 Å². The minimum Gasteiger partial charge on any atom is -0.508 e. The lowest BCUT2D eigenvalue weighted by molar-refractivity contribution is -0.548. The SMILES string of the molecule is CC(C)[C@H](NC(=O)[C@H](CO)NC(=O)[C@H](Cc1ccc(O)cc1)N[N+](=O)[O-])C(=O)N[C@H](C(=O)N[C@@H](Cc1ccccc1)C(=O)N[C@@H](Cc1ccccc1)C(=O)N[C@@H](CCCCN)C(=O)O)C(C)C. The summed E-state index contributed by atoms with van der Waals surface area (Å²) in [7, 11) is 0.